The third kappa shape index (κ3) is 1.61. The molecule has 0 bridgehead atoms. The molecular weight excluding hydrogens is 216 g/mol. The zero-order chi connectivity index (χ0) is 12.0. The van der Waals surface area contributed by atoms with Gasteiger partial charge in [-0.2, -0.15) is 0 Å². The Hall–Kier alpha value is -1.19. The van der Waals surface area contributed by atoms with E-state index in [1.54, 1.807) is 0 Å². The van der Waals surface area contributed by atoms with Crippen LogP contribution < -0.4 is 0 Å². The monoisotopic (exact) mass is 232 g/mol. The summed E-state index contributed by atoms with van der Waals surface area (Å²) in [4.78, 5) is 12.1. The van der Waals surface area contributed by atoms with Crippen LogP contribution in [0.1, 0.15) is 29.9 Å². The first-order valence-corrected chi connectivity index (χ1v) is 6.15. The fourth-order valence-corrected chi connectivity index (χ4v) is 3.28. The minimum Gasteiger partial charge on any atom is -0.390 e. The Bertz CT molecular complexity index is 455. The van der Waals surface area contributed by atoms with Crippen molar-refractivity contribution < 1.29 is 15.0 Å². The third-order valence-corrected chi connectivity index (χ3v) is 4.16. The van der Waals surface area contributed by atoms with Crippen molar-refractivity contribution >= 4 is 5.78 Å². The molecule has 90 valence electrons. The maximum atomic E-state index is 12.1. The number of hydrogen-bond donors (Lipinski definition) is 2. The summed E-state index contributed by atoms with van der Waals surface area (Å²) in [6, 6.07) is 7.76. The minimum atomic E-state index is -0.806. The second-order valence-electron chi connectivity index (χ2n) is 5.11. The average Bonchev–Trinajstić information content (AvgIpc) is 2.33. The Morgan fingerprint density at radius 2 is 1.88 bits per heavy atom. The molecule has 0 aromatic heterocycles. The molecule has 2 N–H and O–H groups in total. The Morgan fingerprint density at radius 3 is 2.71 bits per heavy atom. The lowest BCUT2D eigenvalue weighted by atomic mass is 9.65. The lowest BCUT2D eigenvalue weighted by Gasteiger charge is -2.41. The number of Topliss-reactive ketones (excluding diaryl/α,β-unsaturated/α-hetero) is 1. The number of fused-ring (bicyclic) bond motifs is 3. The first kappa shape index (κ1) is 10.9. The molecule has 1 aromatic carbocycles. The Kier molecular flexibility index (Phi) is 2.53. The summed E-state index contributed by atoms with van der Waals surface area (Å²) in [7, 11) is 0. The van der Waals surface area contributed by atoms with E-state index < -0.39 is 12.2 Å². The van der Waals surface area contributed by atoms with E-state index in [-0.39, 0.29) is 17.6 Å². The zero-order valence-electron chi connectivity index (χ0n) is 9.54. The molecule has 0 heterocycles. The third-order valence-electron chi connectivity index (χ3n) is 4.16. The van der Waals surface area contributed by atoms with Crippen LogP contribution in [-0.2, 0) is 11.2 Å². The van der Waals surface area contributed by atoms with Gasteiger partial charge in [-0.25, -0.2) is 0 Å². The Balaban J connectivity index is 2.08. The van der Waals surface area contributed by atoms with Crippen LogP contribution in [0.25, 0.3) is 0 Å². The summed E-state index contributed by atoms with van der Waals surface area (Å²) in [5.41, 5.74) is 2.05. The molecule has 0 radical (unpaired) electrons. The first-order chi connectivity index (χ1) is 8.18. The molecule has 3 nitrogen and oxygen atoms in total. The molecule has 1 fully saturated rings. The fourth-order valence-electron chi connectivity index (χ4n) is 3.28. The topological polar surface area (TPSA) is 57.5 Å². The number of benzene rings is 1. The quantitative estimate of drug-likeness (QED) is 0.702. The molecule has 3 rings (SSSR count). The summed E-state index contributed by atoms with van der Waals surface area (Å²) in [6.07, 6.45) is 0.182. The predicted molar refractivity (Wildman–Crippen MR) is 62.6 cm³/mol. The predicted octanol–water partition coefficient (Wildman–Crippen LogP) is 1.03. The van der Waals surface area contributed by atoms with Crippen LogP contribution in [0.3, 0.4) is 0 Å². The Labute approximate surface area is 100 Å². The average molecular weight is 232 g/mol. The van der Waals surface area contributed by atoms with Gasteiger partial charge < -0.3 is 10.2 Å². The minimum absolute atomic E-state index is 0.108. The van der Waals surface area contributed by atoms with Gasteiger partial charge in [-0.05, 0) is 24.0 Å². The van der Waals surface area contributed by atoms with E-state index in [2.05, 4.69) is 0 Å². The zero-order valence-corrected chi connectivity index (χ0v) is 9.54. The number of hydrogen-bond acceptors (Lipinski definition) is 3. The molecule has 2 aliphatic carbocycles. The normalized spacial score (nSPS) is 36.2. The van der Waals surface area contributed by atoms with Crippen molar-refractivity contribution in [1.82, 2.24) is 0 Å². The lowest BCUT2D eigenvalue weighted by molar-refractivity contribution is -0.129. The largest absolute Gasteiger partial charge is 0.390 e. The van der Waals surface area contributed by atoms with Gasteiger partial charge >= 0.3 is 0 Å². The smallest absolute Gasteiger partial charge is 0.141 e. The van der Waals surface area contributed by atoms with Crippen LogP contribution in [0.5, 0.6) is 0 Å². The van der Waals surface area contributed by atoms with Crippen molar-refractivity contribution in [3.63, 3.8) is 0 Å². The number of ketones is 1. The van der Waals surface area contributed by atoms with Gasteiger partial charge in [0, 0.05) is 18.3 Å². The molecule has 1 aromatic rings. The molecule has 0 amide bonds. The van der Waals surface area contributed by atoms with Crippen molar-refractivity contribution in [2.75, 3.05) is 0 Å². The van der Waals surface area contributed by atoms with Crippen molar-refractivity contribution in [1.29, 1.82) is 0 Å². The molecule has 0 spiro atoms. The molecule has 3 heteroatoms. The van der Waals surface area contributed by atoms with E-state index in [0.29, 0.717) is 19.3 Å². The van der Waals surface area contributed by atoms with Gasteiger partial charge in [0.05, 0.1) is 12.2 Å². The van der Waals surface area contributed by atoms with Gasteiger partial charge in [-0.3, -0.25) is 4.79 Å². The molecule has 4 atom stereocenters. The maximum absolute atomic E-state index is 12.1. The van der Waals surface area contributed by atoms with Crippen LogP contribution in [0.2, 0.25) is 0 Å². The summed E-state index contributed by atoms with van der Waals surface area (Å²) in [5.74, 6) is -0.112. The van der Waals surface area contributed by atoms with E-state index in [1.165, 1.54) is 0 Å². The van der Waals surface area contributed by atoms with Crippen LogP contribution in [-0.4, -0.2) is 28.2 Å². The summed E-state index contributed by atoms with van der Waals surface area (Å²) >= 11 is 0. The van der Waals surface area contributed by atoms with Gasteiger partial charge in [0.1, 0.15) is 5.78 Å². The van der Waals surface area contributed by atoms with Crippen LogP contribution >= 0.6 is 0 Å². The highest BCUT2D eigenvalue weighted by Crippen LogP contribution is 2.43. The van der Waals surface area contributed by atoms with Gasteiger partial charge in [0.25, 0.3) is 0 Å². The molecule has 0 aliphatic heterocycles. The Morgan fingerprint density at radius 1 is 1.12 bits per heavy atom. The van der Waals surface area contributed by atoms with Gasteiger partial charge in [-0.1, -0.05) is 24.3 Å². The molecule has 0 saturated heterocycles. The molecular formula is C14H16O3. The molecule has 2 aliphatic rings. The second-order valence-corrected chi connectivity index (χ2v) is 5.11. The van der Waals surface area contributed by atoms with Gasteiger partial charge in [-0.15, -0.1) is 0 Å². The second kappa shape index (κ2) is 3.93. The first-order valence-electron chi connectivity index (χ1n) is 6.15. The van der Waals surface area contributed by atoms with Crippen molar-refractivity contribution in [2.45, 2.75) is 37.4 Å². The molecule has 4 unspecified atom stereocenters. The molecule has 17 heavy (non-hydrogen) atoms. The van der Waals surface area contributed by atoms with E-state index in [0.717, 1.165) is 11.1 Å². The van der Waals surface area contributed by atoms with Crippen molar-refractivity contribution in [2.24, 2.45) is 5.92 Å². The number of rotatable bonds is 0. The van der Waals surface area contributed by atoms with E-state index >= 15 is 0 Å². The highest BCUT2D eigenvalue weighted by Gasteiger charge is 2.44. The van der Waals surface area contributed by atoms with Gasteiger partial charge in [0.2, 0.25) is 0 Å². The number of aliphatic hydroxyl groups is 2. The van der Waals surface area contributed by atoms with Crippen LogP contribution in [0.4, 0.5) is 0 Å². The van der Waals surface area contributed by atoms with E-state index in [4.69, 9.17) is 0 Å². The van der Waals surface area contributed by atoms with E-state index in [9.17, 15) is 15.0 Å². The highest BCUT2D eigenvalue weighted by molar-refractivity contribution is 5.86. The van der Waals surface area contributed by atoms with E-state index in [1.807, 2.05) is 24.3 Å². The lowest BCUT2D eigenvalue weighted by Crippen LogP contribution is -2.46. The summed E-state index contributed by atoms with van der Waals surface area (Å²) < 4.78 is 0. The maximum Gasteiger partial charge on any atom is 0.141 e. The number of carbonyl (C=O) groups is 1. The standard InChI is InChI=1S/C14H16O3/c15-11-6-5-10-12(16)7-8-3-1-2-4-9(8)13(10)14(11)17/h1-4,10-11,13-15,17H,5-7H2. The fraction of sp³-hybridized carbons (Fsp3) is 0.500. The van der Waals surface area contributed by atoms with Crippen molar-refractivity contribution in [3.05, 3.63) is 35.4 Å². The SMILES string of the molecule is O=C1Cc2ccccc2C2C1CCC(O)C2O. The highest BCUT2D eigenvalue weighted by atomic mass is 16.3. The van der Waals surface area contributed by atoms with Crippen molar-refractivity contribution in [3.8, 4) is 0 Å². The number of carbonyl (C=O) groups excluding carboxylic acids is 1. The molecule has 1 saturated carbocycles. The number of aliphatic hydroxyl groups excluding tert-OH is 2. The summed E-state index contributed by atoms with van der Waals surface area (Å²) in [5, 5.41) is 19.9. The van der Waals surface area contributed by atoms with Crippen LogP contribution in [0, 0.1) is 5.92 Å². The van der Waals surface area contributed by atoms with Gasteiger partial charge in [0.15, 0.2) is 0 Å². The van der Waals surface area contributed by atoms with Crippen LogP contribution in [0.15, 0.2) is 24.3 Å². The summed E-state index contributed by atoms with van der Waals surface area (Å²) in [6.45, 7) is 0.